The molecule has 0 amide bonds. The summed E-state index contributed by atoms with van der Waals surface area (Å²) in [6.45, 7) is 2.95. The van der Waals surface area contributed by atoms with E-state index in [0.717, 1.165) is 11.3 Å². The first-order valence-corrected chi connectivity index (χ1v) is 7.74. The van der Waals surface area contributed by atoms with Crippen LogP contribution in [0, 0.1) is 23.0 Å². The fraction of sp³-hybridized carbons (Fsp3) is 0.333. The first-order chi connectivity index (χ1) is 11.2. The summed E-state index contributed by atoms with van der Waals surface area (Å²) >= 11 is 1.02. The predicted molar refractivity (Wildman–Crippen MR) is 87.2 cm³/mol. The largest absolute Gasteiger partial charge is 0.499 e. The topological polar surface area (TPSA) is 127 Å². The molecule has 0 spiro atoms. The minimum absolute atomic E-state index is 0.0617. The van der Waals surface area contributed by atoms with E-state index in [1.807, 2.05) is 0 Å². The molecule has 0 aliphatic carbocycles. The molecule has 0 bridgehead atoms. The van der Waals surface area contributed by atoms with Crippen molar-refractivity contribution in [3.63, 3.8) is 0 Å². The van der Waals surface area contributed by atoms with E-state index >= 15 is 0 Å². The molecule has 0 aliphatic rings. The number of aromatic hydroxyl groups is 1. The number of aryl methyl sites for hydroxylation is 1. The Morgan fingerprint density at radius 2 is 2.08 bits per heavy atom. The Morgan fingerprint density at radius 1 is 1.46 bits per heavy atom. The van der Waals surface area contributed by atoms with E-state index in [4.69, 9.17) is 9.84 Å². The number of ether oxygens (including phenoxy) is 1. The van der Waals surface area contributed by atoms with Crippen molar-refractivity contribution in [3.05, 3.63) is 26.6 Å². The maximum absolute atomic E-state index is 12.4. The average molecular weight is 353 g/mol. The van der Waals surface area contributed by atoms with Gasteiger partial charge in [0.2, 0.25) is 5.75 Å². The SMILES string of the molecule is COc1cc2sc(C(=O)CC(C)C(=O)O)c(C)c2c([N+](=O)[O-])c1O. The summed E-state index contributed by atoms with van der Waals surface area (Å²) in [5.74, 6) is -3.02. The summed E-state index contributed by atoms with van der Waals surface area (Å²) in [4.78, 5) is 34.1. The molecule has 8 nitrogen and oxygen atoms in total. The van der Waals surface area contributed by atoms with Crippen molar-refractivity contribution in [1.29, 1.82) is 0 Å². The van der Waals surface area contributed by atoms with Gasteiger partial charge in [-0.15, -0.1) is 11.3 Å². The molecule has 0 radical (unpaired) electrons. The molecule has 2 rings (SSSR count). The number of rotatable bonds is 6. The van der Waals surface area contributed by atoms with Crippen LogP contribution in [-0.4, -0.2) is 34.0 Å². The highest BCUT2D eigenvalue weighted by atomic mass is 32.1. The average Bonchev–Trinajstić information content (AvgIpc) is 2.83. The molecule has 24 heavy (non-hydrogen) atoms. The lowest BCUT2D eigenvalue weighted by Gasteiger charge is -2.05. The van der Waals surface area contributed by atoms with Gasteiger partial charge in [0.05, 0.1) is 28.2 Å². The number of Topliss-reactive ketones (excluding diaryl/α,β-unsaturated/α-hetero) is 1. The minimum Gasteiger partial charge on any atom is -0.499 e. The summed E-state index contributed by atoms with van der Waals surface area (Å²) in [5.41, 5.74) is -0.175. The highest BCUT2D eigenvalue weighted by molar-refractivity contribution is 7.21. The number of benzene rings is 1. The summed E-state index contributed by atoms with van der Waals surface area (Å²) in [6.07, 6.45) is -0.208. The Labute approximate surface area is 140 Å². The van der Waals surface area contributed by atoms with Crippen LogP contribution in [0.15, 0.2) is 6.07 Å². The van der Waals surface area contributed by atoms with Crippen LogP contribution in [0.2, 0.25) is 0 Å². The number of thiophene rings is 1. The van der Waals surface area contributed by atoms with Crippen molar-refractivity contribution in [1.82, 2.24) is 0 Å². The quantitative estimate of drug-likeness (QED) is 0.464. The second-order valence-corrected chi connectivity index (χ2v) is 6.38. The molecule has 1 unspecified atom stereocenters. The number of carboxylic acid groups (broad SMARTS) is 1. The third-order valence-electron chi connectivity index (χ3n) is 3.70. The summed E-state index contributed by atoms with van der Waals surface area (Å²) in [5, 5.41) is 30.4. The second kappa shape index (κ2) is 6.44. The van der Waals surface area contributed by atoms with E-state index in [1.54, 1.807) is 0 Å². The minimum atomic E-state index is -1.09. The van der Waals surface area contributed by atoms with Gasteiger partial charge in [-0.1, -0.05) is 6.92 Å². The van der Waals surface area contributed by atoms with Crippen molar-refractivity contribution in [3.8, 4) is 11.5 Å². The normalized spacial score (nSPS) is 12.1. The van der Waals surface area contributed by atoms with Crippen LogP contribution >= 0.6 is 11.3 Å². The number of phenols is 1. The number of nitrogens with zero attached hydrogens (tertiary/aromatic N) is 1. The summed E-state index contributed by atoms with van der Waals surface area (Å²) < 4.78 is 5.36. The number of nitro benzene ring substituents is 1. The molecule has 128 valence electrons. The van der Waals surface area contributed by atoms with Crippen molar-refractivity contribution >= 4 is 38.9 Å². The lowest BCUT2D eigenvalue weighted by atomic mass is 10.0. The van der Waals surface area contributed by atoms with Gasteiger partial charge < -0.3 is 14.9 Å². The number of phenolic OH excluding ortho intramolecular Hbond substituents is 1. The Bertz CT molecular complexity index is 855. The molecular weight excluding hydrogens is 338 g/mol. The van der Waals surface area contributed by atoms with Crippen LogP contribution in [-0.2, 0) is 4.79 Å². The Kier molecular flexibility index (Phi) is 4.74. The number of carbonyl (C=O) groups is 2. The summed E-state index contributed by atoms with van der Waals surface area (Å²) in [7, 11) is 1.27. The number of carboxylic acids is 1. The molecule has 1 atom stereocenters. The van der Waals surface area contributed by atoms with Crippen molar-refractivity contribution in [2.45, 2.75) is 20.3 Å². The van der Waals surface area contributed by atoms with Gasteiger partial charge in [-0.3, -0.25) is 19.7 Å². The van der Waals surface area contributed by atoms with Crippen LogP contribution < -0.4 is 4.74 Å². The molecule has 9 heteroatoms. The number of methoxy groups -OCH3 is 1. The van der Waals surface area contributed by atoms with Crippen LogP contribution in [0.5, 0.6) is 11.5 Å². The first-order valence-electron chi connectivity index (χ1n) is 6.92. The van der Waals surface area contributed by atoms with E-state index in [1.165, 1.54) is 27.0 Å². The number of carbonyl (C=O) groups excluding carboxylic acids is 1. The summed E-state index contributed by atoms with van der Waals surface area (Å²) in [6, 6.07) is 1.42. The number of hydrogen-bond acceptors (Lipinski definition) is 7. The van der Waals surface area contributed by atoms with Crippen LogP contribution in [0.1, 0.15) is 28.6 Å². The predicted octanol–water partition coefficient (Wildman–Crippen LogP) is 3.13. The second-order valence-electron chi connectivity index (χ2n) is 5.33. The van der Waals surface area contributed by atoms with Crippen LogP contribution in [0.25, 0.3) is 10.1 Å². The zero-order chi connectivity index (χ0) is 18.2. The molecular formula is C15H15NO7S. The molecule has 1 heterocycles. The highest BCUT2D eigenvalue weighted by Gasteiger charge is 2.29. The fourth-order valence-corrected chi connectivity index (χ4v) is 3.60. The van der Waals surface area contributed by atoms with Gasteiger partial charge >= 0.3 is 11.7 Å². The molecule has 1 aromatic heterocycles. The molecule has 2 aromatic rings. The molecule has 0 saturated carbocycles. The lowest BCUT2D eigenvalue weighted by Crippen LogP contribution is -2.14. The Hall–Kier alpha value is -2.68. The van der Waals surface area contributed by atoms with E-state index in [9.17, 15) is 24.8 Å². The number of ketones is 1. The first kappa shape index (κ1) is 17.7. The number of hydrogen-bond donors (Lipinski definition) is 2. The molecule has 0 fully saturated rings. The third kappa shape index (κ3) is 2.90. The lowest BCUT2D eigenvalue weighted by molar-refractivity contribution is -0.384. The monoisotopic (exact) mass is 353 g/mol. The fourth-order valence-electron chi connectivity index (χ4n) is 2.41. The highest BCUT2D eigenvalue weighted by Crippen LogP contribution is 2.47. The van der Waals surface area contributed by atoms with E-state index in [0.29, 0.717) is 10.3 Å². The van der Waals surface area contributed by atoms with Crippen molar-refractivity contribution < 1.29 is 29.5 Å². The van der Waals surface area contributed by atoms with Gasteiger partial charge in [-0.2, -0.15) is 0 Å². The maximum atomic E-state index is 12.4. The Balaban J connectivity index is 2.66. The van der Waals surface area contributed by atoms with Gasteiger partial charge in [0, 0.05) is 17.2 Å². The van der Waals surface area contributed by atoms with E-state index in [-0.39, 0.29) is 22.4 Å². The third-order valence-corrected chi connectivity index (χ3v) is 4.98. The molecule has 0 saturated heterocycles. The molecule has 0 aliphatic heterocycles. The number of aliphatic carboxylic acids is 1. The van der Waals surface area contributed by atoms with Crippen LogP contribution in [0.3, 0.4) is 0 Å². The zero-order valence-corrected chi connectivity index (χ0v) is 14.0. The molecule has 1 aromatic carbocycles. The maximum Gasteiger partial charge on any atom is 0.323 e. The van der Waals surface area contributed by atoms with E-state index < -0.39 is 34.0 Å². The van der Waals surface area contributed by atoms with Crippen LogP contribution in [0.4, 0.5) is 5.69 Å². The smallest absolute Gasteiger partial charge is 0.323 e. The Morgan fingerprint density at radius 3 is 2.58 bits per heavy atom. The van der Waals surface area contributed by atoms with Gasteiger partial charge in [-0.05, 0) is 12.5 Å². The molecule has 2 N–H and O–H groups in total. The number of fused-ring (bicyclic) bond motifs is 1. The number of nitro groups is 1. The standard InChI is InChI=1S/C15H15NO7S/c1-6(15(19)20)4-8(17)14-7(2)11-10(24-14)5-9(23-3)13(18)12(11)16(21)22/h5-6,18H,4H2,1-3H3,(H,19,20). The van der Waals surface area contributed by atoms with Crippen molar-refractivity contribution in [2.75, 3.05) is 7.11 Å². The van der Waals surface area contributed by atoms with Gasteiger partial charge in [-0.25, -0.2) is 0 Å². The van der Waals surface area contributed by atoms with E-state index in [2.05, 4.69) is 0 Å². The zero-order valence-electron chi connectivity index (χ0n) is 13.2. The van der Waals surface area contributed by atoms with Gasteiger partial charge in [0.1, 0.15) is 0 Å². The van der Waals surface area contributed by atoms with Gasteiger partial charge in [0.25, 0.3) is 0 Å². The van der Waals surface area contributed by atoms with Crippen molar-refractivity contribution in [2.24, 2.45) is 5.92 Å². The van der Waals surface area contributed by atoms with Gasteiger partial charge in [0.15, 0.2) is 11.5 Å².